The first-order valence-corrected chi connectivity index (χ1v) is 8.14. The summed E-state index contributed by atoms with van der Waals surface area (Å²) in [5, 5.41) is 14.1. The number of aliphatic hydroxyl groups excluding tert-OH is 1. The van der Waals surface area contributed by atoms with E-state index in [1.807, 2.05) is 0 Å². The number of hydrogen-bond donors (Lipinski definition) is 3. The van der Waals surface area contributed by atoms with Crippen molar-refractivity contribution in [2.45, 2.75) is 58.0 Å². The lowest BCUT2D eigenvalue weighted by Gasteiger charge is -2.27. The lowest BCUT2D eigenvalue weighted by molar-refractivity contribution is 0.272. The normalized spacial score (nSPS) is 19.7. The molecule has 0 spiro atoms. The summed E-state index contributed by atoms with van der Waals surface area (Å²) in [6.07, 6.45) is 5.38. The van der Waals surface area contributed by atoms with Gasteiger partial charge in [0.15, 0.2) is 0 Å². The minimum atomic E-state index is 0.294. The van der Waals surface area contributed by atoms with Crippen LogP contribution in [-0.4, -0.2) is 28.8 Å². The monoisotopic (exact) mass is 286 g/mol. The van der Waals surface area contributed by atoms with E-state index in [4.69, 9.17) is 5.11 Å². The van der Waals surface area contributed by atoms with Crippen molar-refractivity contribution in [2.75, 3.05) is 6.61 Å². The highest BCUT2D eigenvalue weighted by Gasteiger charge is 2.23. The van der Waals surface area contributed by atoms with E-state index in [0.717, 1.165) is 25.7 Å². The molecule has 1 aliphatic rings. The Bertz CT molecular complexity index is 617. The Kier molecular flexibility index (Phi) is 4.32. The predicted molar refractivity (Wildman–Crippen MR) is 87.8 cm³/mol. The van der Waals surface area contributed by atoms with Crippen LogP contribution in [0.4, 0.5) is 0 Å². The average molecular weight is 286 g/mol. The first kappa shape index (κ1) is 14.6. The molecule has 2 atom stereocenters. The number of aromatic nitrogens is 1. The molecule has 0 saturated heterocycles. The van der Waals surface area contributed by atoms with Crippen molar-refractivity contribution in [1.29, 1.82) is 0 Å². The quantitative estimate of drug-likeness (QED) is 0.791. The van der Waals surface area contributed by atoms with E-state index in [-0.39, 0.29) is 0 Å². The molecular weight excluding hydrogens is 260 g/mol. The van der Waals surface area contributed by atoms with E-state index < -0.39 is 0 Å². The van der Waals surface area contributed by atoms with E-state index in [2.05, 4.69) is 42.3 Å². The lowest BCUT2D eigenvalue weighted by atomic mass is 9.90. The summed E-state index contributed by atoms with van der Waals surface area (Å²) in [7, 11) is 0. The highest BCUT2D eigenvalue weighted by atomic mass is 16.2. The van der Waals surface area contributed by atoms with Gasteiger partial charge in [-0.2, -0.15) is 0 Å². The second-order valence-corrected chi connectivity index (χ2v) is 6.50. The van der Waals surface area contributed by atoms with Gasteiger partial charge in [0.05, 0.1) is 0 Å². The van der Waals surface area contributed by atoms with E-state index in [9.17, 15) is 0 Å². The standard InChI is InChI=1S/C18H26N2O/c1-12-5-7-17-15(10-12)16-11-14(6-8-18(16)20-17)19-13(2)4-3-9-21/h5,7,10,13-14,19-21H,3-4,6,8-9,11H2,1-2H3. The maximum absolute atomic E-state index is 8.94. The zero-order valence-electron chi connectivity index (χ0n) is 13.1. The maximum atomic E-state index is 8.94. The van der Waals surface area contributed by atoms with Gasteiger partial charge < -0.3 is 15.4 Å². The summed E-state index contributed by atoms with van der Waals surface area (Å²) < 4.78 is 0. The van der Waals surface area contributed by atoms with Gasteiger partial charge in [0.25, 0.3) is 0 Å². The fraction of sp³-hybridized carbons (Fsp3) is 0.556. The third kappa shape index (κ3) is 3.14. The zero-order valence-corrected chi connectivity index (χ0v) is 13.1. The number of fused-ring (bicyclic) bond motifs is 3. The molecule has 0 aliphatic heterocycles. The van der Waals surface area contributed by atoms with Crippen LogP contribution in [0.15, 0.2) is 18.2 Å². The number of aliphatic hydroxyl groups is 1. The van der Waals surface area contributed by atoms with Crippen molar-refractivity contribution >= 4 is 10.9 Å². The third-order valence-electron chi connectivity index (χ3n) is 4.66. The van der Waals surface area contributed by atoms with Crippen LogP contribution in [0.3, 0.4) is 0 Å². The van der Waals surface area contributed by atoms with Crippen molar-refractivity contribution < 1.29 is 5.11 Å². The third-order valence-corrected chi connectivity index (χ3v) is 4.66. The number of aryl methyl sites for hydroxylation is 2. The van der Waals surface area contributed by atoms with Crippen LogP contribution in [0.25, 0.3) is 10.9 Å². The molecule has 0 saturated carbocycles. The highest BCUT2D eigenvalue weighted by molar-refractivity contribution is 5.85. The zero-order chi connectivity index (χ0) is 14.8. The fourth-order valence-electron chi connectivity index (χ4n) is 3.56. The van der Waals surface area contributed by atoms with Crippen molar-refractivity contribution in [3.8, 4) is 0 Å². The van der Waals surface area contributed by atoms with Crippen molar-refractivity contribution in [3.05, 3.63) is 35.0 Å². The number of rotatable bonds is 5. The number of nitrogens with one attached hydrogen (secondary N) is 2. The molecule has 2 unspecified atom stereocenters. The summed E-state index contributed by atoms with van der Waals surface area (Å²) >= 11 is 0. The predicted octanol–water partition coefficient (Wildman–Crippen LogP) is 3.08. The summed E-state index contributed by atoms with van der Waals surface area (Å²) in [5.41, 5.74) is 5.54. The maximum Gasteiger partial charge on any atom is 0.0459 e. The Hall–Kier alpha value is -1.32. The van der Waals surface area contributed by atoms with Gasteiger partial charge in [-0.25, -0.2) is 0 Å². The first-order valence-electron chi connectivity index (χ1n) is 8.14. The Morgan fingerprint density at radius 3 is 3.10 bits per heavy atom. The smallest absolute Gasteiger partial charge is 0.0459 e. The molecule has 21 heavy (non-hydrogen) atoms. The van der Waals surface area contributed by atoms with Gasteiger partial charge in [-0.3, -0.25) is 0 Å². The summed E-state index contributed by atoms with van der Waals surface area (Å²) in [4.78, 5) is 3.59. The van der Waals surface area contributed by atoms with Crippen molar-refractivity contribution in [2.24, 2.45) is 0 Å². The van der Waals surface area contributed by atoms with Crippen LogP contribution in [0, 0.1) is 6.92 Å². The van der Waals surface area contributed by atoms with Gasteiger partial charge in [-0.05, 0) is 63.6 Å². The van der Waals surface area contributed by atoms with E-state index in [0.29, 0.717) is 18.7 Å². The summed E-state index contributed by atoms with van der Waals surface area (Å²) in [6.45, 7) is 4.68. The molecule has 0 bridgehead atoms. The SMILES string of the molecule is Cc1ccc2[nH]c3c(c2c1)CC(NC(C)CCCO)CC3. The summed E-state index contributed by atoms with van der Waals surface area (Å²) in [6, 6.07) is 7.73. The van der Waals surface area contributed by atoms with Gasteiger partial charge in [0, 0.05) is 35.3 Å². The second-order valence-electron chi connectivity index (χ2n) is 6.50. The molecule has 114 valence electrons. The van der Waals surface area contributed by atoms with Crippen LogP contribution in [-0.2, 0) is 12.8 Å². The van der Waals surface area contributed by atoms with Crippen molar-refractivity contribution in [3.63, 3.8) is 0 Å². The van der Waals surface area contributed by atoms with E-state index in [1.54, 1.807) is 0 Å². The molecule has 3 N–H and O–H groups in total. The second kappa shape index (κ2) is 6.20. The number of hydrogen-bond acceptors (Lipinski definition) is 2. The largest absolute Gasteiger partial charge is 0.396 e. The van der Waals surface area contributed by atoms with Gasteiger partial charge in [-0.1, -0.05) is 11.6 Å². The fourth-order valence-corrected chi connectivity index (χ4v) is 3.56. The van der Waals surface area contributed by atoms with Crippen LogP contribution >= 0.6 is 0 Å². The molecule has 1 aromatic carbocycles. The lowest BCUT2D eigenvalue weighted by Crippen LogP contribution is -2.40. The van der Waals surface area contributed by atoms with Crippen LogP contribution in [0.2, 0.25) is 0 Å². The Morgan fingerprint density at radius 1 is 1.43 bits per heavy atom. The molecule has 0 radical (unpaired) electrons. The van der Waals surface area contributed by atoms with Crippen LogP contribution < -0.4 is 5.32 Å². The molecular formula is C18H26N2O. The first-order chi connectivity index (χ1) is 10.2. The Morgan fingerprint density at radius 2 is 2.29 bits per heavy atom. The van der Waals surface area contributed by atoms with E-state index in [1.165, 1.54) is 34.1 Å². The van der Waals surface area contributed by atoms with Crippen LogP contribution in [0.5, 0.6) is 0 Å². The Balaban J connectivity index is 1.75. The molecule has 3 rings (SSSR count). The molecule has 1 aromatic heterocycles. The molecule has 1 aliphatic carbocycles. The topological polar surface area (TPSA) is 48.0 Å². The Labute approximate surface area is 126 Å². The minimum absolute atomic E-state index is 0.294. The average Bonchev–Trinajstić information content (AvgIpc) is 2.82. The number of aromatic amines is 1. The molecule has 1 heterocycles. The van der Waals surface area contributed by atoms with Gasteiger partial charge >= 0.3 is 0 Å². The highest BCUT2D eigenvalue weighted by Crippen LogP contribution is 2.30. The van der Waals surface area contributed by atoms with Gasteiger partial charge in [0.2, 0.25) is 0 Å². The minimum Gasteiger partial charge on any atom is -0.396 e. The summed E-state index contributed by atoms with van der Waals surface area (Å²) in [5.74, 6) is 0. The molecule has 3 heteroatoms. The molecule has 3 nitrogen and oxygen atoms in total. The van der Waals surface area contributed by atoms with Gasteiger partial charge in [-0.15, -0.1) is 0 Å². The van der Waals surface area contributed by atoms with Crippen molar-refractivity contribution in [1.82, 2.24) is 10.3 Å². The number of H-pyrrole nitrogens is 1. The molecule has 0 amide bonds. The van der Waals surface area contributed by atoms with E-state index >= 15 is 0 Å². The van der Waals surface area contributed by atoms with Crippen LogP contribution in [0.1, 0.15) is 43.0 Å². The number of benzene rings is 1. The van der Waals surface area contributed by atoms with Gasteiger partial charge in [0.1, 0.15) is 0 Å². The molecule has 2 aromatic rings. The molecule has 0 fully saturated rings.